The molecule has 30 heavy (non-hydrogen) atoms. The average molecular weight is 409 g/mol. The van der Waals surface area contributed by atoms with Gasteiger partial charge in [0, 0.05) is 36.6 Å². The summed E-state index contributed by atoms with van der Waals surface area (Å²) in [6.45, 7) is 0. The van der Waals surface area contributed by atoms with Crippen LogP contribution in [0.15, 0.2) is 36.7 Å². The van der Waals surface area contributed by atoms with Crippen LogP contribution in [0.2, 0.25) is 0 Å². The van der Waals surface area contributed by atoms with Crippen LogP contribution in [-0.4, -0.2) is 42.7 Å². The van der Waals surface area contributed by atoms with E-state index >= 15 is 0 Å². The van der Waals surface area contributed by atoms with Gasteiger partial charge >= 0.3 is 6.09 Å². The van der Waals surface area contributed by atoms with Crippen molar-refractivity contribution in [2.45, 2.75) is 6.04 Å². The normalized spacial score (nSPS) is 14.7. The van der Waals surface area contributed by atoms with Crippen molar-refractivity contribution >= 4 is 23.4 Å². The van der Waals surface area contributed by atoms with Crippen molar-refractivity contribution in [3.8, 4) is 17.0 Å². The SMILES string of the molecule is COC(=O)Nc1nc2c3c(ccn3n1)C(c1ccc(O)cc1F)Nc1nn(C)cc1-2. The minimum Gasteiger partial charge on any atom is -0.508 e. The number of halogens is 1. The fourth-order valence-corrected chi connectivity index (χ4v) is 3.64. The van der Waals surface area contributed by atoms with E-state index in [1.165, 1.54) is 19.2 Å². The molecule has 10 nitrogen and oxygen atoms in total. The number of carbonyl (C=O) groups is 1. The maximum atomic E-state index is 14.7. The molecule has 1 aliphatic heterocycles. The van der Waals surface area contributed by atoms with Gasteiger partial charge < -0.3 is 15.2 Å². The molecule has 11 heteroatoms. The van der Waals surface area contributed by atoms with Gasteiger partial charge in [-0.3, -0.25) is 10.00 Å². The van der Waals surface area contributed by atoms with E-state index in [2.05, 4.69) is 30.6 Å². The lowest BCUT2D eigenvalue weighted by Gasteiger charge is -2.18. The number of amides is 1. The number of aryl methyl sites for hydroxylation is 1. The van der Waals surface area contributed by atoms with Gasteiger partial charge in [0.1, 0.15) is 17.3 Å². The number of fused-ring (bicyclic) bond motifs is 2. The first-order valence-corrected chi connectivity index (χ1v) is 8.98. The van der Waals surface area contributed by atoms with Crippen LogP contribution in [0.25, 0.3) is 16.8 Å². The van der Waals surface area contributed by atoms with Gasteiger partial charge in [0.2, 0.25) is 0 Å². The Bertz CT molecular complexity index is 1310. The Morgan fingerprint density at radius 3 is 2.90 bits per heavy atom. The summed E-state index contributed by atoms with van der Waals surface area (Å²) in [7, 11) is 3.01. The fraction of sp³-hybridized carbons (Fsp3) is 0.158. The van der Waals surface area contributed by atoms with Crippen molar-refractivity contribution in [3.63, 3.8) is 0 Å². The van der Waals surface area contributed by atoms with Gasteiger partial charge in [-0.25, -0.2) is 18.7 Å². The standard InChI is InChI=1S/C19H16FN7O3/c1-26-8-12-15-16-11(5-6-27(16)25-18(22-15)23-19(29)30-2)14(21-17(12)24-26)10-4-3-9(28)7-13(10)20/h3-8,14,28H,1-2H3,(H,21,24)(H,23,25,29). The lowest BCUT2D eigenvalue weighted by molar-refractivity contribution is 0.186. The minimum atomic E-state index is -0.698. The number of nitrogens with zero attached hydrogens (tertiary/aromatic N) is 5. The van der Waals surface area contributed by atoms with E-state index < -0.39 is 18.0 Å². The lowest BCUT2D eigenvalue weighted by atomic mass is 9.99. The molecule has 152 valence electrons. The van der Waals surface area contributed by atoms with E-state index in [4.69, 9.17) is 0 Å². The highest BCUT2D eigenvalue weighted by atomic mass is 19.1. The summed E-state index contributed by atoms with van der Waals surface area (Å²) in [6.07, 6.45) is 2.78. The van der Waals surface area contributed by atoms with Gasteiger partial charge in [-0.2, -0.15) is 5.10 Å². The number of methoxy groups -OCH3 is 1. The number of rotatable bonds is 2. The van der Waals surface area contributed by atoms with E-state index in [1.807, 2.05) is 0 Å². The van der Waals surface area contributed by atoms with Crippen LogP contribution in [-0.2, 0) is 11.8 Å². The Kier molecular flexibility index (Phi) is 3.85. The number of carbonyl (C=O) groups excluding carboxylic acids is 1. The number of ether oxygens (including phenoxy) is 1. The largest absolute Gasteiger partial charge is 0.508 e. The Morgan fingerprint density at radius 1 is 1.30 bits per heavy atom. The summed E-state index contributed by atoms with van der Waals surface area (Å²) in [6, 6.07) is 5.21. The van der Waals surface area contributed by atoms with Crippen LogP contribution in [0.4, 0.5) is 21.0 Å². The highest BCUT2D eigenvalue weighted by Crippen LogP contribution is 2.41. The number of hydrogen-bond acceptors (Lipinski definition) is 7. The second kappa shape index (κ2) is 6.44. The molecule has 1 aromatic carbocycles. The third kappa shape index (κ3) is 2.70. The quantitative estimate of drug-likeness (QED) is 0.466. The molecule has 0 saturated carbocycles. The van der Waals surface area contributed by atoms with Gasteiger partial charge in [-0.05, 0) is 12.1 Å². The topological polar surface area (TPSA) is 119 Å². The van der Waals surface area contributed by atoms with Crippen molar-refractivity contribution in [1.29, 1.82) is 0 Å². The Hall–Kier alpha value is -4.15. The average Bonchev–Trinajstić information content (AvgIpc) is 3.26. The summed E-state index contributed by atoms with van der Waals surface area (Å²) in [5, 5.41) is 24.1. The molecule has 0 aliphatic carbocycles. The maximum absolute atomic E-state index is 14.7. The van der Waals surface area contributed by atoms with E-state index in [1.54, 1.807) is 34.7 Å². The summed E-state index contributed by atoms with van der Waals surface area (Å²) in [4.78, 5) is 16.1. The van der Waals surface area contributed by atoms with Crippen molar-refractivity contribution < 1.29 is 19.0 Å². The van der Waals surface area contributed by atoms with E-state index in [-0.39, 0.29) is 11.7 Å². The first-order valence-electron chi connectivity index (χ1n) is 8.98. The van der Waals surface area contributed by atoms with Crippen LogP contribution in [0, 0.1) is 5.82 Å². The summed E-state index contributed by atoms with van der Waals surface area (Å²) < 4.78 is 22.5. The lowest BCUT2D eigenvalue weighted by Crippen LogP contribution is -2.15. The molecule has 3 N–H and O–H groups in total. The molecule has 1 aliphatic rings. The fourth-order valence-electron chi connectivity index (χ4n) is 3.64. The van der Waals surface area contributed by atoms with Crippen LogP contribution in [0.1, 0.15) is 17.2 Å². The third-order valence-electron chi connectivity index (χ3n) is 4.91. The maximum Gasteiger partial charge on any atom is 0.413 e. The molecule has 1 atom stereocenters. The molecule has 0 bridgehead atoms. The van der Waals surface area contributed by atoms with Crippen molar-refractivity contribution in [2.75, 3.05) is 17.7 Å². The molecule has 3 aromatic heterocycles. The van der Waals surface area contributed by atoms with Gasteiger partial charge in [0.15, 0.2) is 5.82 Å². The summed E-state index contributed by atoms with van der Waals surface area (Å²) >= 11 is 0. The Labute approximate surface area is 168 Å². The van der Waals surface area contributed by atoms with Gasteiger partial charge in [-0.15, -0.1) is 5.10 Å². The summed E-state index contributed by atoms with van der Waals surface area (Å²) in [5.41, 5.74) is 2.89. The zero-order chi connectivity index (χ0) is 21.0. The molecule has 0 spiro atoms. The molecule has 0 saturated heterocycles. The zero-order valence-corrected chi connectivity index (χ0v) is 15.9. The number of phenols is 1. The first kappa shape index (κ1) is 17.9. The monoisotopic (exact) mass is 409 g/mol. The number of nitrogens with one attached hydrogen (secondary N) is 2. The Morgan fingerprint density at radius 2 is 2.13 bits per heavy atom. The molecule has 4 aromatic rings. The van der Waals surface area contributed by atoms with Gasteiger partial charge in [0.05, 0.1) is 24.2 Å². The Balaban J connectivity index is 1.77. The van der Waals surface area contributed by atoms with Crippen molar-refractivity contribution in [2.24, 2.45) is 7.05 Å². The number of aromatic nitrogens is 5. The van der Waals surface area contributed by atoms with Gasteiger partial charge in [-0.1, -0.05) is 6.07 Å². The molecule has 5 rings (SSSR count). The molecule has 1 amide bonds. The predicted octanol–water partition coefficient (Wildman–Crippen LogP) is 2.67. The van der Waals surface area contributed by atoms with Crippen molar-refractivity contribution in [3.05, 3.63) is 53.6 Å². The zero-order valence-electron chi connectivity index (χ0n) is 15.9. The second-order valence-corrected chi connectivity index (χ2v) is 6.81. The van der Waals surface area contributed by atoms with E-state index in [0.29, 0.717) is 28.2 Å². The van der Waals surface area contributed by atoms with Crippen LogP contribution in [0.5, 0.6) is 5.75 Å². The first-order chi connectivity index (χ1) is 14.4. The second-order valence-electron chi connectivity index (χ2n) is 6.81. The molecule has 1 unspecified atom stereocenters. The predicted molar refractivity (Wildman–Crippen MR) is 105 cm³/mol. The third-order valence-corrected chi connectivity index (χ3v) is 4.91. The van der Waals surface area contributed by atoms with Crippen LogP contribution >= 0.6 is 0 Å². The van der Waals surface area contributed by atoms with E-state index in [9.17, 15) is 14.3 Å². The molecular formula is C19H16FN7O3. The van der Waals surface area contributed by atoms with Crippen molar-refractivity contribution in [1.82, 2.24) is 24.4 Å². The van der Waals surface area contributed by atoms with E-state index in [0.717, 1.165) is 11.6 Å². The number of hydrogen-bond donors (Lipinski definition) is 3. The van der Waals surface area contributed by atoms with Gasteiger partial charge in [0.25, 0.3) is 5.95 Å². The minimum absolute atomic E-state index is 0.0515. The highest BCUT2D eigenvalue weighted by molar-refractivity contribution is 5.90. The number of anilines is 2. The highest BCUT2D eigenvalue weighted by Gasteiger charge is 2.31. The number of phenolic OH excluding ortho intramolecular Hbond substituents is 1. The van der Waals surface area contributed by atoms with Crippen LogP contribution < -0.4 is 10.6 Å². The molecule has 0 fully saturated rings. The molecular weight excluding hydrogens is 393 g/mol. The smallest absolute Gasteiger partial charge is 0.413 e. The molecule has 0 radical (unpaired) electrons. The summed E-state index contributed by atoms with van der Waals surface area (Å²) in [5.74, 6) is -0.170. The van der Waals surface area contributed by atoms with Crippen LogP contribution in [0.3, 0.4) is 0 Å². The molecule has 4 heterocycles. The number of aromatic hydroxyl groups is 1. The number of benzene rings is 1.